The van der Waals surface area contributed by atoms with E-state index >= 15 is 0 Å². The van der Waals surface area contributed by atoms with E-state index in [0.717, 1.165) is 45.2 Å². The van der Waals surface area contributed by atoms with Crippen LogP contribution in [0.2, 0.25) is 0 Å². The van der Waals surface area contributed by atoms with E-state index in [9.17, 15) is 0 Å². The van der Waals surface area contributed by atoms with Crippen molar-refractivity contribution < 1.29 is 4.74 Å². The van der Waals surface area contributed by atoms with E-state index < -0.39 is 0 Å². The number of rotatable bonds is 10. The summed E-state index contributed by atoms with van der Waals surface area (Å²) in [5.74, 6) is 0.863. The van der Waals surface area contributed by atoms with Crippen LogP contribution in [0.5, 0.6) is 0 Å². The number of hydrogen-bond donors (Lipinski definition) is 1. The van der Waals surface area contributed by atoms with Crippen LogP contribution in [0.4, 0.5) is 0 Å². The van der Waals surface area contributed by atoms with Crippen molar-refractivity contribution in [1.29, 1.82) is 0 Å². The molecule has 1 fully saturated rings. The third kappa shape index (κ3) is 5.61. The molecule has 0 heterocycles. The Hall–Kier alpha value is -0.900. The molecular weight excluding hydrogens is 248 g/mol. The molecule has 0 aliphatic heterocycles. The fourth-order valence-electron chi connectivity index (χ4n) is 2.34. The minimum atomic E-state index is 0.853. The maximum absolute atomic E-state index is 5.71. The van der Waals surface area contributed by atoms with Crippen molar-refractivity contribution >= 4 is 0 Å². The van der Waals surface area contributed by atoms with Crippen LogP contribution < -0.4 is 5.32 Å². The fourth-order valence-corrected chi connectivity index (χ4v) is 2.34. The molecule has 0 amide bonds. The molecule has 0 spiro atoms. The highest BCUT2D eigenvalue weighted by atomic mass is 16.5. The molecule has 0 atom stereocenters. The summed E-state index contributed by atoms with van der Waals surface area (Å²) in [6.45, 7) is 4.86. The Balaban J connectivity index is 1.72. The van der Waals surface area contributed by atoms with Crippen molar-refractivity contribution in [3.63, 3.8) is 0 Å². The molecule has 0 bridgehead atoms. The second-order valence-electron chi connectivity index (χ2n) is 5.88. The van der Waals surface area contributed by atoms with Crippen LogP contribution in [0.3, 0.4) is 0 Å². The molecular formula is C17H28N2O. The Labute approximate surface area is 123 Å². The van der Waals surface area contributed by atoms with Crippen LogP contribution in [-0.4, -0.2) is 45.3 Å². The summed E-state index contributed by atoms with van der Waals surface area (Å²) in [5, 5.41) is 3.22. The molecule has 20 heavy (non-hydrogen) atoms. The van der Waals surface area contributed by atoms with Gasteiger partial charge in [-0.05, 0) is 56.9 Å². The van der Waals surface area contributed by atoms with Gasteiger partial charge in [-0.2, -0.15) is 0 Å². The summed E-state index contributed by atoms with van der Waals surface area (Å²) >= 11 is 0. The maximum atomic E-state index is 5.71. The first kappa shape index (κ1) is 15.5. The number of ether oxygens (including phenoxy) is 1. The Bertz CT molecular complexity index is 390. The zero-order chi connectivity index (χ0) is 14.2. The van der Waals surface area contributed by atoms with Gasteiger partial charge in [0, 0.05) is 19.7 Å². The van der Waals surface area contributed by atoms with Crippen LogP contribution in [0.25, 0.3) is 0 Å². The second-order valence-corrected chi connectivity index (χ2v) is 5.88. The Kier molecular flexibility index (Phi) is 6.51. The third-order valence-electron chi connectivity index (χ3n) is 3.87. The Morgan fingerprint density at radius 1 is 1.25 bits per heavy atom. The zero-order valence-corrected chi connectivity index (χ0v) is 12.9. The number of nitrogens with one attached hydrogen (secondary N) is 1. The van der Waals surface area contributed by atoms with Gasteiger partial charge in [0.2, 0.25) is 0 Å². The summed E-state index contributed by atoms with van der Waals surface area (Å²) < 4.78 is 5.71. The van der Waals surface area contributed by atoms with Crippen molar-refractivity contribution in [3.05, 3.63) is 35.4 Å². The van der Waals surface area contributed by atoms with Crippen molar-refractivity contribution in [1.82, 2.24) is 10.2 Å². The smallest absolute Gasteiger partial charge is 0.0593 e. The van der Waals surface area contributed by atoms with Crippen LogP contribution in [0, 0.1) is 5.92 Å². The van der Waals surface area contributed by atoms with Gasteiger partial charge in [-0.1, -0.05) is 24.3 Å². The molecule has 2 rings (SSSR count). The Morgan fingerprint density at radius 2 is 2.00 bits per heavy atom. The van der Waals surface area contributed by atoms with Crippen molar-refractivity contribution in [2.24, 2.45) is 5.92 Å². The molecule has 112 valence electrons. The van der Waals surface area contributed by atoms with Gasteiger partial charge in [-0.25, -0.2) is 0 Å². The van der Waals surface area contributed by atoms with E-state index in [1.54, 1.807) is 0 Å². The molecule has 1 aliphatic carbocycles. The van der Waals surface area contributed by atoms with E-state index in [0.29, 0.717) is 0 Å². The van der Waals surface area contributed by atoms with Crippen LogP contribution >= 0.6 is 0 Å². The first-order chi connectivity index (χ1) is 9.79. The fraction of sp³-hybridized carbons (Fsp3) is 0.647. The van der Waals surface area contributed by atoms with Gasteiger partial charge < -0.3 is 10.1 Å². The van der Waals surface area contributed by atoms with E-state index in [1.807, 2.05) is 7.05 Å². The molecule has 3 heteroatoms. The van der Waals surface area contributed by atoms with Gasteiger partial charge in [-0.3, -0.25) is 4.90 Å². The number of nitrogens with zero attached hydrogens (tertiary/aromatic N) is 1. The first-order valence-corrected chi connectivity index (χ1v) is 7.77. The quantitative estimate of drug-likeness (QED) is 0.664. The van der Waals surface area contributed by atoms with Gasteiger partial charge in [0.1, 0.15) is 0 Å². The second kappa shape index (κ2) is 8.40. The number of likely N-dealkylation sites (N-methyl/N-ethyl adjacent to an activating group) is 2. The molecule has 1 N–H and O–H groups in total. The lowest BCUT2D eigenvalue weighted by Crippen LogP contribution is -2.24. The summed E-state index contributed by atoms with van der Waals surface area (Å²) in [4.78, 5) is 2.35. The van der Waals surface area contributed by atoms with Crippen LogP contribution in [0.15, 0.2) is 24.3 Å². The average Bonchev–Trinajstić information content (AvgIpc) is 3.27. The molecule has 0 aromatic heterocycles. The standard InChI is InChI=1S/C17H28N2O/c1-18-10-9-16-5-3-4-6-17(16)13-19(2)11-12-20-14-15-7-8-15/h3-6,15,18H,7-14H2,1-2H3. The molecule has 1 aliphatic rings. The van der Waals surface area contributed by atoms with Gasteiger partial charge in [-0.15, -0.1) is 0 Å². The predicted molar refractivity (Wildman–Crippen MR) is 83.9 cm³/mol. The van der Waals surface area contributed by atoms with Gasteiger partial charge >= 0.3 is 0 Å². The summed E-state index contributed by atoms with van der Waals surface area (Å²) in [6, 6.07) is 8.75. The monoisotopic (exact) mass is 276 g/mol. The van der Waals surface area contributed by atoms with Crippen molar-refractivity contribution in [3.8, 4) is 0 Å². The molecule has 0 radical (unpaired) electrons. The molecule has 1 saturated carbocycles. The van der Waals surface area contributed by atoms with Crippen LogP contribution in [0.1, 0.15) is 24.0 Å². The number of hydrogen-bond acceptors (Lipinski definition) is 3. The predicted octanol–water partition coefficient (Wildman–Crippen LogP) is 2.31. The largest absolute Gasteiger partial charge is 0.380 e. The van der Waals surface area contributed by atoms with Gasteiger partial charge in [0.15, 0.2) is 0 Å². The minimum Gasteiger partial charge on any atom is -0.380 e. The highest BCUT2D eigenvalue weighted by Gasteiger charge is 2.20. The summed E-state index contributed by atoms with van der Waals surface area (Å²) in [6.07, 6.45) is 3.84. The minimum absolute atomic E-state index is 0.853. The van der Waals surface area contributed by atoms with E-state index in [1.165, 1.54) is 24.0 Å². The van der Waals surface area contributed by atoms with Crippen molar-refractivity contribution in [2.75, 3.05) is 40.4 Å². The van der Waals surface area contributed by atoms with Crippen LogP contribution in [-0.2, 0) is 17.7 Å². The molecule has 1 aromatic rings. The molecule has 3 nitrogen and oxygen atoms in total. The Morgan fingerprint density at radius 3 is 2.70 bits per heavy atom. The van der Waals surface area contributed by atoms with E-state index in [-0.39, 0.29) is 0 Å². The van der Waals surface area contributed by atoms with Crippen molar-refractivity contribution in [2.45, 2.75) is 25.8 Å². The third-order valence-corrected chi connectivity index (χ3v) is 3.87. The molecule has 1 aromatic carbocycles. The van der Waals surface area contributed by atoms with E-state index in [4.69, 9.17) is 4.74 Å². The van der Waals surface area contributed by atoms with Gasteiger partial charge in [0.05, 0.1) is 6.61 Å². The topological polar surface area (TPSA) is 24.5 Å². The molecule has 0 saturated heterocycles. The highest BCUT2D eigenvalue weighted by molar-refractivity contribution is 5.27. The summed E-state index contributed by atoms with van der Waals surface area (Å²) in [5.41, 5.74) is 2.89. The lowest BCUT2D eigenvalue weighted by Gasteiger charge is -2.19. The normalized spacial score (nSPS) is 14.9. The van der Waals surface area contributed by atoms with Gasteiger partial charge in [0.25, 0.3) is 0 Å². The highest BCUT2D eigenvalue weighted by Crippen LogP contribution is 2.28. The molecule has 0 unspecified atom stereocenters. The number of benzene rings is 1. The van der Waals surface area contributed by atoms with E-state index in [2.05, 4.69) is 41.5 Å². The summed E-state index contributed by atoms with van der Waals surface area (Å²) in [7, 11) is 4.18. The first-order valence-electron chi connectivity index (χ1n) is 7.77. The lowest BCUT2D eigenvalue weighted by atomic mass is 10.0. The lowest BCUT2D eigenvalue weighted by molar-refractivity contribution is 0.102. The average molecular weight is 276 g/mol. The maximum Gasteiger partial charge on any atom is 0.0593 e. The zero-order valence-electron chi connectivity index (χ0n) is 12.9. The SMILES string of the molecule is CNCCc1ccccc1CN(C)CCOCC1CC1.